The van der Waals surface area contributed by atoms with Gasteiger partial charge >= 0.3 is 0 Å². The minimum Gasteiger partial charge on any atom is -0.310 e. The van der Waals surface area contributed by atoms with Crippen LogP contribution in [-0.4, -0.2) is 31.1 Å². The molecule has 1 aromatic carbocycles. The van der Waals surface area contributed by atoms with Crippen molar-refractivity contribution >= 4 is 11.6 Å². The van der Waals surface area contributed by atoms with E-state index in [9.17, 15) is 0 Å². The van der Waals surface area contributed by atoms with Crippen molar-refractivity contribution in [2.24, 2.45) is 0 Å². The number of aryl methyl sites for hydroxylation is 1. The fraction of sp³-hybridized carbons (Fsp3) is 0.571. The SMILES string of the molecule is Cc1cc(Cl)cc(CNC2CCN(C)CC2)c1. The van der Waals surface area contributed by atoms with E-state index in [1.807, 2.05) is 6.07 Å². The molecule has 3 heteroatoms. The lowest BCUT2D eigenvalue weighted by atomic mass is 10.0. The quantitative estimate of drug-likeness (QED) is 0.890. The molecule has 0 spiro atoms. The average molecular weight is 253 g/mol. The summed E-state index contributed by atoms with van der Waals surface area (Å²) >= 11 is 6.06. The first-order valence-electron chi connectivity index (χ1n) is 6.31. The normalized spacial score (nSPS) is 18.5. The van der Waals surface area contributed by atoms with Gasteiger partial charge in [0.15, 0.2) is 0 Å². The molecule has 0 radical (unpaired) electrons. The molecule has 1 N–H and O–H groups in total. The molecule has 0 atom stereocenters. The highest BCUT2D eigenvalue weighted by Crippen LogP contribution is 2.15. The van der Waals surface area contributed by atoms with E-state index in [-0.39, 0.29) is 0 Å². The number of rotatable bonds is 3. The third-order valence-corrected chi connectivity index (χ3v) is 3.63. The molecule has 0 aromatic heterocycles. The van der Waals surface area contributed by atoms with Crippen LogP contribution < -0.4 is 5.32 Å². The zero-order valence-corrected chi connectivity index (χ0v) is 11.4. The van der Waals surface area contributed by atoms with Crippen LogP contribution in [0.3, 0.4) is 0 Å². The van der Waals surface area contributed by atoms with E-state index in [4.69, 9.17) is 11.6 Å². The maximum absolute atomic E-state index is 6.06. The molecule has 0 aliphatic carbocycles. The molecule has 1 aliphatic heterocycles. The van der Waals surface area contributed by atoms with Gasteiger partial charge in [0.25, 0.3) is 0 Å². The van der Waals surface area contributed by atoms with Crippen LogP contribution in [0.25, 0.3) is 0 Å². The van der Waals surface area contributed by atoms with E-state index >= 15 is 0 Å². The standard InChI is InChI=1S/C14H21ClN2/c1-11-7-12(9-13(15)8-11)10-16-14-3-5-17(2)6-4-14/h7-9,14,16H,3-6,10H2,1-2H3. The summed E-state index contributed by atoms with van der Waals surface area (Å²) < 4.78 is 0. The largest absolute Gasteiger partial charge is 0.310 e. The van der Waals surface area contributed by atoms with Crippen molar-refractivity contribution in [3.05, 3.63) is 34.3 Å². The minimum absolute atomic E-state index is 0.658. The molecule has 1 fully saturated rings. The number of nitrogens with one attached hydrogen (secondary N) is 1. The summed E-state index contributed by atoms with van der Waals surface area (Å²) in [4.78, 5) is 2.39. The zero-order valence-electron chi connectivity index (χ0n) is 10.7. The topological polar surface area (TPSA) is 15.3 Å². The molecule has 17 heavy (non-hydrogen) atoms. The number of likely N-dealkylation sites (tertiary alicyclic amines) is 1. The first-order chi connectivity index (χ1) is 8.13. The van der Waals surface area contributed by atoms with Gasteiger partial charge in [-0.25, -0.2) is 0 Å². The Morgan fingerprint density at radius 3 is 2.65 bits per heavy atom. The molecule has 1 aromatic rings. The fourth-order valence-electron chi connectivity index (χ4n) is 2.39. The molecule has 0 amide bonds. The maximum atomic E-state index is 6.06. The van der Waals surface area contributed by atoms with Crippen molar-refractivity contribution in [1.82, 2.24) is 10.2 Å². The maximum Gasteiger partial charge on any atom is 0.0411 e. The molecule has 1 saturated heterocycles. The highest BCUT2D eigenvalue weighted by atomic mass is 35.5. The molecule has 94 valence electrons. The third kappa shape index (κ3) is 3.98. The fourth-order valence-corrected chi connectivity index (χ4v) is 2.70. The second-order valence-corrected chi connectivity index (χ2v) is 5.53. The lowest BCUT2D eigenvalue weighted by Gasteiger charge is -2.29. The zero-order chi connectivity index (χ0) is 12.3. The Labute approximate surface area is 109 Å². The van der Waals surface area contributed by atoms with Crippen molar-refractivity contribution in [1.29, 1.82) is 0 Å². The number of hydrogen-bond acceptors (Lipinski definition) is 2. The van der Waals surface area contributed by atoms with E-state index in [1.165, 1.54) is 37.1 Å². The highest BCUT2D eigenvalue weighted by molar-refractivity contribution is 6.30. The number of halogens is 1. The lowest BCUT2D eigenvalue weighted by molar-refractivity contribution is 0.234. The van der Waals surface area contributed by atoms with Gasteiger partial charge in [0.2, 0.25) is 0 Å². The Balaban J connectivity index is 1.85. The second-order valence-electron chi connectivity index (χ2n) is 5.10. The average Bonchev–Trinajstić information content (AvgIpc) is 2.27. The number of hydrogen-bond donors (Lipinski definition) is 1. The van der Waals surface area contributed by atoms with Crippen LogP contribution in [0.4, 0.5) is 0 Å². The van der Waals surface area contributed by atoms with Crippen LogP contribution in [0.15, 0.2) is 18.2 Å². The van der Waals surface area contributed by atoms with E-state index in [1.54, 1.807) is 0 Å². The van der Waals surface area contributed by atoms with Gasteiger partial charge < -0.3 is 10.2 Å². The van der Waals surface area contributed by atoms with E-state index in [0.717, 1.165) is 11.6 Å². The molecule has 2 nitrogen and oxygen atoms in total. The van der Waals surface area contributed by atoms with E-state index in [2.05, 4.69) is 36.3 Å². The third-order valence-electron chi connectivity index (χ3n) is 3.42. The Bertz CT molecular complexity index is 350. The second kappa shape index (κ2) is 5.85. The van der Waals surface area contributed by atoms with Gasteiger partial charge in [-0.1, -0.05) is 17.7 Å². The molecule has 1 aliphatic rings. The summed E-state index contributed by atoms with van der Waals surface area (Å²) in [6.07, 6.45) is 2.49. The van der Waals surface area contributed by atoms with Crippen molar-refractivity contribution in [2.75, 3.05) is 20.1 Å². The van der Waals surface area contributed by atoms with Gasteiger partial charge in [-0.05, 0) is 63.2 Å². The Kier molecular flexibility index (Phi) is 4.43. The lowest BCUT2D eigenvalue weighted by Crippen LogP contribution is -2.40. The number of piperidine rings is 1. The number of benzene rings is 1. The van der Waals surface area contributed by atoms with E-state index in [0.29, 0.717) is 6.04 Å². The summed E-state index contributed by atoms with van der Waals surface area (Å²) in [5, 5.41) is 4.47. The summed E-state index contributed by atoms with van der Waals surface area (Å²) in [6.45, 7) is 5.42. The Morgan fingerprint density at radius 2 is 2.00 bits per heavy atom. The van der Waals surface area contributed by atoms with Gasteiger partial charge in [-0.3, -0.25) is 0 Å². The van der Waals surface area contributed by atoms with Crippen molar-refractivity contribution in [3.63, 3.8) is 0 Å². The molecular weight excluding hydrogens is 232 g/mol. The van der Waals surface area contributed by atoms with Crippen LogP contribution in [0.2, 0.25) is 5.02 Å². The Morgan fingerprint density at radius 1 is 1.29 bits per heavy atom. The monoisotopic (exact) mass is 252 g/mol. The Hall–Kier alpha value is -0.570. The molecule has 0 unspecified atom stereocenters. The summed E-state index contributed by atoms with van der Waals surface area (Å²) in [6, 6.07) is 6.91. The van der Waals surface area contributed by atoms with Crippen LogP contribution in [0, 0.1) is 6.92 Å². The summed E-state index contributed by atoms with van der Waals surface area (Å²) in [5.74, 6) is 0. The van der Waals surface area contributed by atoms with Gasteiger partial charge in [0, 0.05) is 17.6 Å². The van der Waals surface area contributed by atoms with Gasteiger partial charge in [0.1, 0.15) is 0 Å². The van der Waals surface area contributed by atoms with Crippen molar-refractivity contribution in [3.8, 4) is 0 Å². The van der Waals surface area contributed by atoms with Crippen LogP contribution in [-0.2, 0) is 6.54 Å². The molecular formula is C14H21ClN2. The minimum atomic E-state index is 0.658. The van der Waals surface area contributed by atoms with Crippen LogP contribution >= 0.6 is 11.6 Å². The molecule has 0 bridgehead atoms. The first kappa shape index (κ1) is 12.9. The van der Waals surface area contributed by atoms with Gasteiger partial charge in [-0.2, -0.15) is 0 Å². The van der Waals surface area contributed by atoms with Crippen molar-refractivity contribution < 1.29 is 0 Å². The van der Waals surface area contributed by atoms with E-state index < -0.39 is 0 Å². The van der Waals surface area contributed by atoms with Gasteiger partial charge in [-0.15, -0.1) is 0 Å². The van der Waals surface area contributed by atoms with Crippen LogP contribution in [0.1, 0.15) is 24.0 Å². The highest BCUT2D eigenvalue weighted by Gasteiger charge is 2.15. The van der Waals surface area contributed by atoms with Gasteiger partial charge in [0.05, 0.1) is 0 Å². The molecule has 0 saturated carbocycles. The smallest absolute Gasteiger partial charge is 0.0411 e. The molecule has 1 heterocycles. The summed E-state index contributed by atoms with van der Waals surface area (Å²) in [5.41, 5.74) is 2.52. The molecule has 2 rings (SSSR count). The number of nitrogens with zero attached hydrogens (tertiary/aromatic N) is 1. The van der Waals surface area contributed by atoms with Crippen molar-refractivity contribution in [2.45, 2.75) is 32.4 Å². The predicted octanol–water partition coefficient (Wildman–Crippen LogP) is 2.83. The first-order valence-corrected chi connectivity index (χ1v) is 6.69. The summed E-state index contributed by atoms with van der Waals surface area (Å²) in [7, 11) is 2.19. The van der Waals surface area contributed by atoms with Crippen LogP contribution in [0.5, 0.6) is 0 Å². The predicted molar refractivity (Wildman–Crippen MR) is 73.5 cm³/mol.